The Labute approximate surface area is 207 Å². The van der Waals surface area contributed by atoms with Crippen LogP contribution in [0.5, 0.6) is 0 Å². The number of anilines is 1. The number of hydrogen-bond donors (Lipinski definition) is 1. The van der Waals surface area contributed by atoms with Gasteiger partial charge < -0.3 is 10.1 Å². The Morgan fingerprint density at radius 1 is 1.15 bits per heavy atom. The number of ether oxygens (including phenoxy) is 1. The molecule has 3 aromatic rings. The van der Waals surface area contributed by atoms with Gasteiger partial charge in [-0.25, -0.2) is 13.2 Å². The van der Waals surface area contributed by atoms with E-state index in [2.05, 4.69) is 5.32 Å². The van der Waals surface area contributed by atoms with E-state index in [9.17, 15) is 18.0 Å². The fourth-order valence-corrected chi connectivity index (χ4v) is 6.66. The molecule has 1 aliphatic rings. The van der Waals surface area contributed by atoms with E-state index in [4.69, 9.17) is 16.3 Å². The summed E-state index contributed by atoms with van der Waals surface area (Å²) >= 11 is 7.09. The summed E-state index contributed by atoms with van der Waals surface area (Å²) in [5, 5.41) is 5.34. The van der Waals surface area contributed by atoms with Gasteiger partial charge in [0.1, 0.15) is 16.6 Å². The first-order valence-electron chi connectivity index (χ1n) is 10.7. The number of carbonyl (C=O) groups is 2. The molecule has 1 N–H and O–H groups in total. The highest BCUT2D eigenvalue weighted by Gasteiger charge is 2.40. The van der Waals surface area contributed by atoms with E-state index in [0.29, 0.717) is 28.4 Å². The highest BCUT2D eigenvalue weighted by atomic mass is 35.5. The van der Waals surface area contributed by atoms with Crippen molar-refractivity contribution in [1.29, 1.82) is 0 Å². The molecule has 4 rings (SSSR count). The fourth-order valence-electron chi connectivity index (χ4n) is 3.91. The molecule has 178 valence electrons. The molecule has 2 heterocycles. The van der Waals surface area contributed by atoms with Gasteiger partial charge in [0.25, 0.3) is 0 Å². The monoisotopic (exact) mass is 518 g/mol. The minimum Gasteiger partial charge on any atom is -0.462 e. The topological polar surface area (TPSA) is 92.8 Å². The zero-order chi connectivity index (χ0) is 24.3. The molecule has 7 nitrogen and oxygen atoms in total. The summed E-state index contributed by atoms with van der Waals surface area (Å²) in [5.74, 6) is -1.03. The predicted octanol–water partition coefficient (Wildman–Crippen LogP) is 5.04. The maximum atomic E-state index is 13.3. The molecular formula is C24H23ClN2O5S2. The Morgan fingerprint density at radius 2 is 1.85 bits per heavy atom. The lowest BCUT2D eigenvalue weighted by Gasteiger charge is -2.23. The van der Waals surface area contributed by atoms with Crippen molar-refractivity contribution in [3.05, 3.63) is 70.6 Å². The second kappa shape index (κ2) is 10.3. The molecule has 1 aliphatic heterocycles. The lowest BCUT2D eigenvalue weighted by Crippen LogP contribution is -2.43. The van der Waals surface area contributed by atoms with Crippen LogP contribution in [0.15, 0.2) is 64.9 Å². The Morgan fingerprint density at radius 3 is 2.53 bits per heavy atom. The molecule has 0 radical (unpaired) electrons. The van der Waals surface area contributed by atoms with Crippen LogP contribution in [0.1, 0.15) is 30.1 Å². The van der Waals surface area contributed by atoms with Gasteiger partial charge in [-0.2, -0.15) is 4.31 Å². The molecule has 1 saturated heterocycles. The van der Waals surface area contributed by atoms with E-state index >= 15 is 0 Å². The van der Waals surface area contributed by atoms with Gasteiger partial charge in [-0.3, -0.25) is 4.79 Å². The second-order valence-electron chi connectivity index (χ2n) is 7.66. The quantitative estimate of drug-likeness (QED) is 0.442. The van der Waals surface area contributed by atoms with Crippen LogP contribution in [0.4, 0.5) is 5.00 Å². The number of amides is 1. The molecule has 34 heavy (non-hydrogen) atoms. The van der Waals surface area contributed by atoms with Crippen molar-refractivity contribution in [2.24, 2.45) is 0 Å². The van der Waals surface area contributed by atoms with Gasteiger partial charge in [0.15, 0.2) is 0 Å². The third-order valence-electron chi connectivity index (χ3n) is 5.52. The molecule has 10 heteroatoms. The Hall–Kier alpha value is -2.72. The molecule has 1 fully saturated rings. The average molecular weight is 519 g/mol. The maximum Gasteiger partial charge on any atom is 0.341 e. The Kier molecular flexibility index (Phi) is 7.37. The van der Waals surface area contributed by atoms with E-state index in [1.165, 1.54) is 39.9 Å². The van der Waals surface area contributed by atoms with Crippen LogP contribution >= 0.6 is 22.9 Å². The Bertz CT molecular complexity index is 1290. The summed E-state index contributed by atoms with van der Waals surface area (Å²) < 4.78 is 32.8. The van der Waals surface area contributed by atoms with Crippen LogP contribution in [0.3, 0.4) is 0 Å². The normalized spacial score (nSPS) is 16.4. The number of esters is 1. The summed E-state index contributed by atoms with van der Waals surface area (Å²) in [6.45, 7) is 2.13. The maximum absolute atomic E-state index is 13.3. The number of benzene rings is 2. The SMILES string of the molecule is CCOC(=O)c1c(-c2ccccc2)csc1NC(=O)C1CCCN1S(=O)(=O)c1ccc(Cl)cc1. The van der Waals surface area contributed by atoms with Gasteiger partial charge in [-0.05, 0) is 49.6 Å². The molecule has 1 atom stereocenters. The third kappa shape index (κ3) is 4.88. The molecule has 1 amide bonds. The van der Waals surface area contributed by atoms with Crippen LogP contribution in [0.2, 0.25) is 5.02 Å². The van der Waals surface area contributed by atoms with Gasteiger partial charge >= 0.3 is 5.97 Å². The average Bonchev–Trinajstić information content (AvgIpc) is 3.48. The van der Waals surface area contributed by atoms with E-state index in [0.717, 1.165) is 5.56 Å². The highest BCUT2D eigenvalue weighted by Crippen LogP contribution is 2.37. The molecular weight excluding hydrogens is 496 g/mol. The smallest absolute Gasteiger partial charge is 0.341 e. The van der Waals surface area contributed by atoms with Crippen LogP contribution in [-0.2, 0) is 19.6 Å². The van der Waals surface area contributed by atoms with Crippen LogP contribution < -0.4 is 5.32 Å². The van der Waals surface area contributed by atoms with Gasteiger partial charge in [0.05, 0.1) is 11.5 Å². The standard InChI is InChI=1S/C24H23ClN2O5S2/c1-2-32-24(29)21-19(16-7-4-3-5-8-16)15-33-23(21)26-22(28)20-9-6-14-27(20)34(30,31)18-12-10-17(25)11-13-18/h3-5,7-8,10-13,15,20H,2,6,9,14H2,1H3,(H,26,28). The van der Waals surface area contributed by atoms with E-state index < -0.39 is 27.9 Å². The van der Waals surface area contributed by atoms with Gasteiger partial charge in [-0.1, -0.05) is 41.9 Å². The number of nitrogens with one attached hydrogen (secondary N) is 1. The minimum atomic E-state index is -3.89. The lowest BCUT2D eigenvalue weighted by atomic mass is 10.0. The van der Waals surface area contributed by atoms with Crippen molar-refractivity contribution < 1.29 is 22.7 Å². The number of carbonyl (C=O) groups excluding carboxylic acids is 2. The van der Waals surface area contributed by atoms with Crippen molar-refractivity contribution in [2.45, 2.75) is 30.7 Å². The molecule has 0 aliphatic carbocycles. The van der Waals surface area contributed by atoms with Crippen molar-refractivity contribution in [3.63, 3.8) is 0 Å². The summed E-state index contributed by atoms with van der Waals surface area (Å²) in [6.07, 6.45) is 0.930. The van der Waals surface area contributed by atoms with E-state index in [1.54, 1.807) is 12.3 Å². The Balaban J connectivity index is 1.62. The first-order chi connectivity index (χ1) is 16.3. The van der Waals surface area contributed by atoms with Gasteiger partial charge in [0, 0.05) is 22.5 Å². The molecule has 0 saturated carbocycles. The number of nitrogens with zero attached hydrogens (tertiary/aromatic N) is 1. The first kappa shape index (κ1) is 24.4. The van der Waals surface area contributed by atoms with E-state index in [1.807, 2.05) is 30.3 Å². The van der Waals surface area contributed by atoms with Crippen LogP contribution in [-0.4, -0.2) is 43.8 Å². The molecule has 0 spiro atoms. The van der Waals surface area contributed by atoms with Crippen molar-refractivity contribution in [2.75, 3.05) is 18.5 Å². The summed E-state index contributed by atoms with van der Waals surface area (Å²) in [6, 6.07) is 14.3. The highest BCUT2D eigenvalue weighted by molar-refractivity contribution is 7.89. The third-order valence-corrected chi connectivity index (χ3v) is 8.59. The zero-order valence-corrected chi connectivity index (χ0v) is 20.8. The number of thiophene rings is 1. The molecule has 2 aromatic carbocycles. The van der Waals surface area contributed by atoms with Crippen molar-refractivity contribution in [1.82, 2.24) is 4.31 Å². The summed E-state index contributed by atoms with van der Waals surface area (Å²) in [7, 11) is -3.89. The molecule has 0 bridgehead atoms. The first-order valence-corrected chi connectivity index (χ1v) is 13.4. The lowest BCUT2D eigenvalue weighted by molar-refractivity contribution is -0.119. The second-order valence-corrected chi connectivity index (χ2v) is 10.9. The summed E-state index contributed by atoms with van der Waals surface area (Å²) in [4.78, 5) is 26.1. The number of rotatable bonds is 7. The number of halogens is 1. The van der Waals surface area contributed by atoms with Crippen molar-refractivity contribution >= 4 is 49.8 Å². The van der Waals surface area contributed by atoms with Gasteiger partial charge in [0.2, 0.25) is 15.9 Å². The summed E-state index contributed by atoms with van der Waals surface area (Å²) in [5.41, 5.74) is 1.73. The van der Waals surface area contributed by atoms with Crippen molar-refractivity contribution in [3.8, 4) is 11.1 Å². The van der Waals surface area contributed by atoms with Crippen LogP contribution in [0, 0.1) is 0 Å². The molecule has 1 unspecified atom stereocenters. The fraction of sp³-hybridized carbons (Fsp3) is 0.250. The molecule has 1 aromatic heterocycles. The number of hydrogen-bond acceptors (Lipinski definition) is 6. The van der Waals surface area contributed by atoms with E-state index in [-0.39, 0.29) is 23.6 Å². The predicted molar refractivity (Wildman–Crippen MR) is 133 cm³/mol. The largest absolute Gasteiger partial charge is 0.462 e. The number of sulfonamides is 1. The van der Waals surface area contributed by atoms with Crippen LogP contribution in [0.25, 0.3) is 11.1 Å². The zero-order valence-electron chi connectivity index (χ0n) is 18.4. The minimum absolute atomic E-state index is 0.0753. The van der Waals surface area contributed by atoms with Gasteiger partial charge in [-0.15, -0.1) is 11.3 Å².